The number of hydrogen-bond donors (Lipinski definition) is 1. The van der Waals surface area contributed by atoms with Crippen molar-refractivity contribution in [3.63, 3.8) is 0 Å². The molecule has 0 aliphatic carbocycles. The van der Waals surface area contributed by atoms with Gasteiger partial charge in [0, 0.05) is 36.9 Å². The second-order valence-corrected chi connectivity index (χ2v) is 5.10. The van der Waals surface area contributed by atoms with Gasteiger partial charge in [0.1, 0.15) is 0 Å². The van der Waals surface area contributed by atoms with Gasteiger partial charge in [-0.1, -0.05) is 48.0 Å². The van der Waals surface area contributed by atoms with E-state index in [1.807, 2.05) is 41.4 Å². The van der Waals surface area contributed by atoms with Crippen LogP contribution in [0.3, 0.4) is 0 Å². The van der Waals surface area contributed by atoms with Crippen molar-refractivity contribution in [3.05, 3.63) is 65.5 Å². The van der Waals surface area contributed by atoms with Crippen molar-refractivity contribution in [2.45, 2.75) is 13.1 Å². The molecule has 21 heavy (non-hydrogen) atoms. The summed E-state index contributed by atoms with van der Waals surface area (Å²) in [5, 5.41) is 13.5. The second-order valence-electron chi connectivity index (χ2n) is 4.85. The highest BCUT2D eigenvalue weighted by molar-refractivity contribution is 6.25. The zero-order valence-corrected chi connectivity index (χ0v) is 12.7. The van der Waals surface area contributed by atoms with E-state index in [-0.39, 0.29) is 6.61 Å². The van der Waals surface area contributed by atoms with Crippen molar-refractivity contribution in [1.29, 1.82) is 0 Å². The topological polar surface area (TPSA) is 41.3 Å². The molecule has 2 aromatic rings. The van der Waals surface area contributed by atoms with E-state index in [4.69, 9.17) is 16.7 Å². The maximum Gasteiger partial charge on any atom is 0.0659 e. The molecule has 2 rings (SSSR count). The van der Waals surface area contributed by atoms with Crippen LogP contribution in [-0.4, -0.2) is 39.5 Å². The Morgan fingerprint density at radius 3 is 2.76 bits per heavy atom. The largest absolute Gasteiger partial charge is 0.395 e. The summed E-state index contributed by atoms with van der Waals surface area (Å²) in [5.41, 5.74) is 3.86. The third-order valence-corrected chi connectivity index (χ3v) is 3.33. The number of aliphatic hydroxyl groups is 1. The number of aromatic nitrogens is 2. The minimum absolute atomic E-state index is 0.133. The van der Waals surface area contributed by atoms with Crippen molar-refractivity contribution in [3.8, 4) is 0 Å². The molecule has 0 unspecified atom stereocenters. The SMILES string of the molecule is OCCN(CC=CCl)Cc1cnn(Cc2ccccc2)c1. The van der Waals surface area contributed by atoms with Gasteiger partial charge in [0.15, 0.2) is 0 Å². The molecule has 1 aromatic carbocycles. The van der Waals surface area contributed by atoms with E-state index in [1.165, 1.54) is 11.1 Å². The van der Waals surface area contributed by atoms with Crippen LogP contribution in [0.5, 0.6) is 0 Å². The van der Waals surface area contributed by atoms with Gasteiger partial charge < -0.3 is 5.11 Å². The van der Waals surface area contributed by atoms with Crippen molar-refractivity contribution in [2.75, 3.05) is 19.7 Å². The second kappa shape index (κ2) is 8.62. The predicted molar refractivity (Wildman–Crippen MR) is 85.1 cm³/mol. The maximum absolute atomic E-state index is 9.09. The minimum Gasteiger partial charge on any atom is -0.395 e. The van der Waals surface area contributed by atoms with Gasteiger partial charge in [-0.15, -0.1) is 0 Å². The normalized spacial score (nSPS) is 11.6. The summed E-state index contributed by atoms with van der Waals surface area (Å²) in [7, 11) is 0. The summed E-state index contributed by atoms with van der Waals surface area (Å²) >= 11 is 5.56. The molecule has 0 aliphatic heterocycles. The van der Waals surface area contributed by atoms with E-state index < -0.39 is 0 Å². The lowest BCUT2D eigenvalue weighted by molar-refractivity contribution is 0.203. The van der Waals surface area contributed by atoms with Crippen LogP contribution in [0.4, 0.5) is 0 Å². The minimum atomic E-state index is 0.133. The summed E-state index contributed by atoms with van der Waals surface area (Å²) in [4.78, 5) is 2.11. The fraction of sp³-hybridized carbons (Fsp3) is 0.312. The number of nitrogens with zero attached hydrogens (tertiary/aromatic N) is 3. The molecule has 1 N–H and O–H groups in total. The maximum atomic E-state index is 9.09. The van der Waals surface area contributed by atoms with Crippen LogP contribution >= 0.6 is 11.6 Å². The van der Waals surface area contributed by atoms with Gasteiger partial charge in [0.05, 0.1) is 19.3 Å². The summed E-state index contributed by atoms with van der Waals surface area (Å²) in [5.74, 6) is 0. The molecule has 0 fully saturated rings. The molecule has 0 saturated carbocycles. The number of halogens is 1. The fourth-order valence-corrected chi connectivity index (χ4v) is 2.25. The van der Waals surface area contributed by atoms with Crippen molar-refractivity contribution in [2.24, 2.45) is 0 Å². The summed E-state index contributed by atoms with van der Waals surface area (Å²) in [6.07, 6.45) is 5.78. The number of hydrogen-bond acceptors (Lipinski definition) is 3. The zero-order chi connectivity index (χ0) is 14.9. The Labute approximate surface area is 130 Å². The lowest BCUT2D eigenvalue weighted by Crippen LogP contribution is -2.26. The summed E-state index contributed by atoms with van der Waals surface area (Å²) in [6, 6.07) is 10.2. The van der Waals surface area contributed by atoms with Crippen molar-refractivity contribution in [1.82, 2.24) is 14.7 Å². The van der Waals surface area contributed by atoms with Gasteiger partial charge in [0.25, 0.3) is 0 Å². The number of benzene rings is 1. The molecule has 1 heterocycles. The Hall–Kier alpha value is -1.62. The molecule has 0 bridgehead atoms. The van der Waals surface area contributed by atoms with Gasteiger partial charge in [-0.3, -0.25) is 9.58 Å². The highest BCUT2D eigenvalue weighted by Gasteiger charge is 2.06. The van der Waals surface area contributed by atoms with Crippen molar-refractivity contribution >= 4 is 11.6 Å². The Morgan fingerprint density at radius 2 is 2.05 bits per heavy atom. The first-order valence-corrected chi connectivity index (χ1v) is 7.39. The highest BCUT2D eigenvalue weighted by Crippen LogP contribution is 2.07. The van der Waals surface area contributed by atoms with Crippen LogP contribution in [0.25, 0.3) is 0 Å². The van der Waals surface area contributed by atoms with E-state index in [1.54, 1.807) is 0 Å². The van der Waals surface area contributed by atoms with Crippen LogP contribution in [0, 0.1) is 0 Å². The first kappa shape index (κ1) is 15.8. The molecule has 1 aromatic heterocycles. The van der Waals surface area contributed by atoms with Gasteiger partial charge in [-0.05, 0) is 5.56 Å². The molecule has 0 amide bonds. The highest BCUT2D eigenvalue weighted by atomic mass is 35.5. The predicted octanol–water partition coefficient (Wildman–Crippen LogP) is 2.48. The molecule has 0 radical (unpaired) electrons. The van der Waals surface area contributed by atoms with E-state index in [0.717, 1.165) is 18.7 Å². The van der Waals surface area contributed by atoms with Crippen LogP contribution in [0.15, 0.2) is 54.3 Å². The molecule has 5 heteroatoms. The molecule has 0 spiro atoms. The average Bonchev–Trinajstić information content (AvgIpc) is 2.93. The van der Waals surface area contributed by atoms with E-state index in [0.29, 0.717) is 13.1 Å². The van der Waals surface area contributed by atoms with Crippen molar-refractivity contribution < 1.29 is 5.11 Å². The smallest absolute Gasteiger partial charge is 0.0659 e. The lowest BCUT2D eigenvalue weighted by Gasteiger charge is -2.18. The van der Waals surface area contributed by atoms with E-state index in [2.05, 4.69) is 22.1 Å². The van der Waals surface area contributed by atoms with Gasteiger partial charge in [0.2, 0.25) is 0 Å². The van der Waals surface area contributed by atoms with Gasteiger partial charge in [-0.25, -0.2) is 0 Å². The zero-order valence-electron chi connectivity index (χ0n) is 11.9. The van der Waals surface area contributed by atoms with Gasteiger partial charge in [-0.2, -0.15) is 5.10 Å². The van der Waals surface area contributed by atoms with Crippen LogP contribution in [-0.2, 0) is 13.1 Å². The summed E-state index contributed by atoms with van der Waals surface area (Å²) < 4.78 is 1.93. The molecular formula is C16H20ClN3O. The fourth-order valence-electron chi connectivity index (χ4n) is 2.17. The number of rotatable bonds is 8. The molecule has 0 atom stereocenters. The van der Waals surface area contributed by atoms with Crippen LogP contribution in [0.1, 0.15) is 11.1 Å². The quantitative estimate of drug-likeness (QED) is 0.814. The van der Waals surface area contributed by atoms with Gasteiger partial charge >= 0.3 is 0 Å². The number of aliphatic hydroxyl groups excluding tert-OH is 1. The average molecular weight is 306 g/mol. The van der Waals surface area contributed by atoms with E-state index in [9.17, 15) is 0 Å². The Morgan fingerprint density at radius 1 is 1.24 bits per heavy atom. The van der Waals surface area contributed by atoms with Crippen LogP contribution in [0.2, 0.25) is 0 Å². The molecular weight excluding hydrogens is 286 g/mol. The standard InChI is InChI=1S/C16H20ClN3O/c17-7-4-8-19(9-10-21)12-16-11-18-20(14-16)13-15-5-2-1-3-6-15/h1-7,11,14,21H,8-10,12-13H2. The Bertz CT molecular complexity index is 554. The third kappa shape index (κ3) is 5.34. The third-order valence-electron chi connectivity index (χ3n) is 3.15. The Balaban J connectivity index is 1.95. The molecule has 0 aliphatic rings. The first-order chi connectivity index (χ1) is 10.3. The van der Waals surface area contributed by atoms with E-state index >= 15 is 0 Å². The van der Waals surface area contributed by atoms with Crippen LogP contribution < -0.4 is 0 Å². The lowest BCUT2D eigenvalue weighted by atomic mass is 10.2. The molecule has 112 valence electrons. The molecule has 0 saturated heterocycles. The monoisotopic (exact) mass is 305 g/mol. The first-order valence-electron chi connectivity index (χ1n) is 6.95. The summed E-state index contributed by atoms with van der Waals surface area (Å²) in [6.45, 7) is 2.98. The Kier molecular flexibility index (Phi) is 6.47. The molecule has 4 nitrogen and oxygen atoms in total.